The van der Waals surface area contributed by atoms with Crippen LogP contribution in [0.5, 0.6) is 0 Å². The molecular formula is C25H48O5. The van der Waals surface area contributed by atoms with Gasteiger partial charge in [0.05, 0.1) is 12.0 Å². The van der Waals surface area contributed by atoms with Gasteiger partial charge in [-0.25, -0.2) is 0 Å². The van der Waals surface area contributed by atoms with Crippen molar-refractivity contribution in [3.63, 3.8) is 0 Å². The summed E-state index contributed by atoms with van der Waals surface area (Å²) in [6.45, 7) is 3.96. The largest absolute Gasteiger partial charge is 0.481 e. The molecule has 5 heteroatoms. The summed E-state index contributed by atoms with van der Waals surface area (Å²) in [4.78, 5) is 22.8. The van der Waals surface area contributed by atoms with Crippen LogP contribution in [0.15, 0.2) is 0 Å². The first-order chi connectivity index (χ1) is 14.5. The monoisotopic (exact) mass is 428 g/mol. The molecule has 0 spiro atoms. The van der Waals surface area contributed by atoms with Crippen LogP contribution in [0.2, 0.25) is 0 Å². The lowest BCUT2D eigenvalue weighted by Gasteiger charge is -2.17. The Morgan fingerprint density at radius 3 is 1.60 bits per heavy atom. The van der Waals surface area contributed by atoms with Gasteiger partial charge in [-0.2, -0.15) is 0 Å². The molecule has 0 aromatic rings. The minimum absolute atomic E-state index is 0.0239. The lowest BCUT2D eigenvalue weighted by molar-refractivity contribution is -0.151. The quantitative estimate of drug-likeness (QED) is 0.149. The van der Waals surface area contributed by atoms with E-state index in [1.165, 1.54) is 57.8 Å². The first kappa shape index (κ1) is 28.9. The van der Waals surface area contributed by atoms with E-state index in [0.717, 1.165) is 51.4 Å². The van der Waals surface area contributed by atoms with Gasteiger partial charge in [0.25, 0.3) is 0 Å². The van der Waals surface area contributed by atoms with Gasteiger partial charge < -0.3 is 14.9 Å². The predicted octanol–water partition coefficient (Wildman–Crippen LogP) is 6.65. The number of hydrogen-bond acceptors (Lipinski definition) is 4. The molecule has 2 atom stereocenters. The van der Waals surface area contributed by atoms with E-state index in [1.54, 1.807) is 6.92 Å². The van der Waals surface area contributed by atoms with Crippen molar-refractivity contribution < 1.29 is 24.5 Å². The third kappa shape index (κ3) is 20.2. The molecule has 0 amide bonds. The predicted molar refractivity (Wildman–Crippen MR) is 123 cm³/mol. The van der Waals surface area contributed by atoms with Gasteiger partial charge in [0, 0.05) is 6.42 Å². The van der Waals surface area contributed by atoms with Crippen molar-refractivity contribution in [1.82, 2.24) is 0 Å². The van der Waals surface area contributed by atoms with Gasteiger partial charge in [0.2, 0.25) is 0 Å². The molecule has 0 aliphatic heterocycles. The average Bonchev–Trinajstić information content (AvgIpc) is 2.70. The molecule has 0 saturated heterocycles. The summed E-state index contributed by atoms with van der Waals surface area (Å²) in [5.41, 5.74) is 0. The second-order valence-corrected chi connectivity index (χ2v) is 8.85. The molecule has 0 heterocycles. The first-order valence-corrected chi connectivity index (χ1v) is 12.5. The molecule has 0 fully saturated rings. The summed E-state index contributed by atoms with van der Waals surface area (Å²) in [6.07, 6.45) is 18.8. The Bertz CT molecular complexity index is 408. The number of aliphatic hydroxyl groups is 1. The van der Waals surface area contributed by atoms with Gasteiger partial charge in [0.15, 0.2) is 0 Å². The summed E-state index contributed by atoms with van der Waals surface area (Å²) >= 11 is 0. The molecule has 0 radical (unpaired) electrons. The Morgan fingerprint density at radius 1 is 0.733 bits per heavy atom. The van der Waals surface area contributed by atoms with Gasteiger partial charge in [-0.3, -0.25) is 9.59 Å². The third-order valence-corrected chi connectivity index (χ3v) is 5.65. The normalized spacial score (nSPS) is 13.2. The molecule has 0 aromatic heterocycles. The van der Waals surface area contributed by atoms with Crippen LogP contribution >= 0.6 is 0 Å². The summed E-state index contributed by atoms with van der Waals surface area (Å²) in [7, 11) is 0. The number of carbonyl (C=O) groups excluding carboxylic acids is 1. The van der Waals surface area contributed by atoms with Crippen LogP contribution < -0.4 is 0 Å². The first-order valence-electron chi connectivity index (χ1n) is 12.5. The number of carboxylic acid groups (broad SMARTS) is 1. The molecule has 178 valence electrons. The van der Waals surface area contributed by atoms with E-state index in [2.05, 4.69) is 6.92 Å². The van der Waals surface area contributed by atoms with Crippen LogP contribution in [0.1, 0.15) is 129 Å². The van der Waals surface area contributed by atoms with E-state index in [-0.39, 0.29) is 18.5 Å². The van der Waals surface area contributed by atoms with Gasteiger partial charge in [-0.05, 0) is 26.2 Å². The zero-order valence-corrected chi connectivity index (χ0v) is 19.7. The minimum Gasteiger partial charge on any atom is -0.481 e. The van der Waals surface area contributed by atoms with Gasteiger partial charge >= 0.3 is 11.9 Å². The number of aliphatic hydroxyl groups excluding tert-OH is 1. The van der Waals surface area contributed by atoms with Crippen LogP contribution in [0.25, 0.3) is 0 Å². The Hall–Kier alpha value is -1.10. The van der Waals surface area contributed by atoms with Crippen LogP contribution in [0, 0.1) is 5.92 Å². The van der Waals surface area contributed by atoms with Crippen molar-refractivity contribution in [1.29, 1.82) is 0 Å². The highest BCUT2D eigenvalue weighted by molar-refractivity contribution is 5.72. The van der Waals surface area contributed by atoms with E-state index in [4.69, 9.17) is 9.84 Å². The van der Waals surface area contributed by atoms with Gasteiger partial charge in [0.1, 0.15) is 6.61 Å². The molecule has 0 aliphatic carbocycles. The summed E-state index contributed by atoms with van der Waals surface area (Å²) in [5.74, 6) is -0.852. The number of esters is 1. The van der Waals surface area contributed by atoms with Crippen LogP contribution in [0.4, 0.5) is 0 Å². The highest BCUT2D eigenvalue weighted by Crippen LogP contribution is 2.21. The van der Waals surface area contributed by atoms with Crippen molar-refractivity contribution in [2.75, 3.05) is 6.61 Å². The Labute approximate surface area is 185 Å². The number of rotatable bonds is 22. The molecule has 30 heavy (non-hydrogen) atoms. The van der Waals surface area contributed by atoms with Crippen LogP contribution in [-0.2, 0) is 14.3 Å². The Balaban J connectivity index is 3.88. The average molecular weight is 429 g/mol. The van der Waals surface area contributed by atoms with Gasteiger partial charge in [-0.1, -0.05) is 96.8 Å². The Kier molecular flexibility index (Phi) is 20.4. The number of aliphatic carboxylic acids is 1. The van der Waals surface area contributed by atoms with Gasteiger partial charge in [-0.15, -0.1) is 0 Å². The molecule has 2 N–H and O–H groups in total. The highest BCUT2D eigenvalue weighted by atomic mass is 16.5. The summed E-state index contributed by atoms with van der Waals surface area (Å²) < 4.78 is 5.29. The second kappa shape index (κ2) is 21.1. The zero-order valence-electron chi connectivity index (χ0n) is 19.7. The third-order valence-electron chi connectivity index (χ3n) is 5.65. The highest BCUT2D eigenvalue weighted by Gasteiger charge is 2.19. The SMILES string of the molecule is CCCCCCCCC(CCCCCCCCCCCC(=O)O)C(=O)OCC(C)O. The smallest absolute Gasteiger partial charge is 0.309 e. The van der Waals surface area contributed by atoms with Crippen LogP contribution in [0.3, 0.4) is 0 Å². The number of carboxylic acids is 1. The number of hydrogen-bond donors (Lipinski definition) is 2. The molecule has 2 unspecified atom stereocenters. The Morgan fingerprint density at radius 2 is 1.17 bits per heavy atom. The molecule has 0 bridgehead atoms. The van der Waals surface area contributed by atoms with Crippen molar-refractivity contribution >= 4 is 11.9 Å². The summed E-state index contributed by atoms with van der Waals surface area (Å²) in [5, 5.41) is 18.0. The number of unbranched alkanes of at least 4 members (excludes halogenated alkanes) is 13. The van der Waals surface area contributed by atoms with Crippen molar-refractivity contribution in [2.45, 2.75) is 136 Å². The molecular weight excluding hydrogens is 380 g/mol. The minimum atomic E-state index is -0.695. The van der Waals surface area contributed by atoms with Crippen molar-refractivity contribution in [2.24, 2.45) is 5.92 Å². The second-order valence-electron chi connectivity index (χ2n) is 8.85. The number of ether oxygens (including phenoxy) is 1. The fraction of sp³-hybridized carbons (Fsp3) is 0.920. The zero-order chi connectivity index (χ0) is 22.5. The lowest BCUT2D eigenvalue weighted by atomic mass is 9.94. The maximum absolute atomic E-state index is 12.4. The fourth-order valence-electron chi connectivity index (χ4n) is 3.78. The van der Waals surface area contributed by atoms with E-state index in [0.29, 0.717) is 6.42 Å². The summed E-state index contributed by atoms with van der Waals surface area (Å²) in [6, 6.07) is 0. The lowest BCUT2D eigenvalue weighted by Crippen LogP contribution is -2.22. The molecule has 0 saturated carbocycles. The van der Waals surface area contributed by atoms with E-state index in [1.807, 2.05) is 0 Å². The van der Waals surface area contributed by atoms with E-state index in [9.17, 15) is 14.7 Å². The number of carbonyl (C=O) groups is 2. The van der Waals surface area contributed by atoms with Crippen molar-refractivity contribution in [3.8, 4) is 0 Å². The molecule has 5 nitrogen and oxygen atoms in total. The molecule has 0 aromatic carbocycles. The standard InChI is InChI=1S/C25H48O5/c1-3-4-5-6-12-15-18-23(25(29)30-21-22(2)26)19-16-13-10-8-7-9-11-14-17-20-24(27)28/h22-23,26H,3-21H2,1-2H3,(H,27,28). The van der Waals surface area contributed by atoms with E-state index >= 15 is 0 Å². The van der Waals surface area contributed by atoms with E-state index < -0.39 is 12.1 Å². The van der Waals surface area contributed by atoms with Crippen LogP contribution in [-0.4, -0.2) is 34.9 Å². The van der Waals surface area contributed by atoms with Crippen molar-refractivity contribution in [3.05, 3.63) is 0 Å². The molecule has 0 rings (SSSR count). The fourth-order valence-corrected chi connectivity index (χ4v) is 3.78. The topological polar surface area (TPSA) is 83.8 Å². The maximum atomic E-state index is 12.4. The maximum Gasteiger partial charge on any atom is 0.309 e. The molecule has 0 aliphatic rings.